The molecule has 2 aromatic rings. The number of nitrogens with zero attached hydrogens (tertiary/aromatic N) is 5. The van der Waals surface area contributed by atoms with Crippen molar-refractivity contribution in [3.8, 4) is 0 Å². The van der Waals surface area contributed by atoms with Crippen LogP contribution in [0.5, 0.6) is 0 Å². The number of amides is 1. The first-order valence-corrected chi connectivity index (χ1v) is 10.2. The highest BCUT2D eigenvalue weighted by Crippen LogP contribution is 2.35. The van der Waals surface area contributed by atoms with Crippen molar-refractivity contribution >= 4 is 17.5 Å². The number of rotatable bonds is 6. The lowest BCUT2D eigenvalue weighted by Gasteiger charge is -2.36. The number of ether oxygens (including phenoxy) is 1. The molecule has 2 atom stereocenters. The van der Waals surface area contributed by atoms with E-state index in [1.54, 1.807) is 0 Å². The van der Waals surface area contributed by atoms with Gasteiger partial charge in [-0.15, -0.1) is 5.10 Å². The van der Waals surface area contributed by atoms with E-state index in [1.165, 1.54) is 0 Å². The van der Waals surface area contributed by atoms with Crippen LogP contribution in [0.2, 0.25) is 5.02 Å². The van der Waals surface area contributed by atoms with Gasteiger partial charge in [-0.05, 0) is 60.8 Å². The van der Waals surface area contributed by atoms with E-state index in [0.29, 0.717) is 11.6 Å². The zero-order chi connectivity index (χ0) is 19.5. The van der Waals surface area contributed by atoms with Crippen LogP contribution < -0.4 is 5.73 Å². The van der Waals surface area contributed by atoms with Crippen LogP contribution in [-0.2, 0) is 16.1 Å². The Kier molecular flexibility index (Phi) is 5.89. The predicted octanol–water partition coefficient (Wildman–Crippen LogP) is 1.79. The molecule has 0 spiro atoms. The maximum atomic E-state index is 11.6. The lowest BCUT2D eigenvalue weighted by molar-refractivity contribution is -0.123. The third-order valence-electron chi connectivity index (χ3n) is 5.70. The van der Waals surface area contributed by atoms with E-state index < -0.39 is 0 Å². The molecule has 9 heteroatoms. The summed E-state index contributed by atoms with van der Waals surface area (Å²) in [6.07, 6.45) is 3.67. The Balaban J connectivity index is 1.64. The molecule has 2 aliphatic rings. The molecule has 1 aromatic carbocycles. The van der Waals surface area contributed by atoms with E-state index in [4.69, 9.17) is 22.1 Å². The van der Waals surface area contributed by atoms with Gasteiger partial charge in [-0.1, -0.05) is 29.8 Å². The van der Waals surface area contributed by atoms with Gasteiger partial charge in [0.15, 0.2) is 5.82 Å². The molecule has 8 nitrogen and oxygen atoms in total. The Morgan fingerprint density at radius 3 is 2.75 bits per heavy atom. The predicted molar refractivity (Wildman–Crippen MR) is 104 cm³/mol. The summed E-state index contributed by atoms with van der Waals surface area (Å²) >= 11 is 6.55. The summed E-state index contributed by atoms with van der Waals surface area (Å²) in [5.41, 5.74) is 6.47. The van der Waals surface area contributed by atoms with Crippen molar-refractivity contribution in [1.29, 1.82) is 0 Å². The summed E-state index contributed by atoms with van der Waals surface area (Å²) in [5.74, 6) is 0.448. The first-order chi connectivity index (χ1) is 13.6. The van der Waals surface area contributed by atoms with E-state index in [-0.39, 0.29) is 24.0 Å². The minimum absolute atomic E-state index is 0.0778. The number of tetrazole rings is 1. The van der Waals surface area contributed by atoms with Gasteiger partial charge in [-0.25, -0.2) is 4.68 Å². The number of benzene rings is 1. The second-order valence-electron chi connectivity index (χ2n) is 7.49. The zero-order valence-electron chi connectivity index (χ0n) is 15.7. The average Bonchev–Trinajstić information content (AvgIpc) is 3.37. The van der Waals surface area contributed by atoms with Gasteiger partial charge in [0.1, 0.15) is 0 Å². The molecule has 0 radical (unpaired) electrons. The highest BCUT2D eigenvalue weighted by atomic mass is 35.5. The molecule has 150 valence electrons. The number of likely N-dealkylation sites (tertiary alicyclic amines) is 1. The average molecular weight is 405 g/mol. The Morgan fingerprint density at radius 2 is 2.07 bits per heavy atom. The van der Waals surface area contributed by atoms with E-state index >= 15 is 0 Å². The highest BCUT2D eigenvalue weighted by molar-refractivity contribution is 6.31. The van der Waals surface area contributed by atoms with Crippen molar-refractivity contribution in [2.45, 2.75) is 44.4 Å². The molecule has 1 aromatic heterocycles. The fourth-order valence-electron chi connectivity index (χ4n) is 4.16. The van der Waals surface area contributed by atoms with Crippen LogP contribution in [0.15, 0.2) is 24.3 Å². The molecular weight excluding hydrogens is 380 g/mol. The number of piperidine rings is 1. The van der Waals surface area contributed by atoms with Gasteiger partial charge < -0.3 is 10.5 Å². The van der Waals surface area contributed by atoms with Crippen LogP contribution in [0.1, 0.15) is 43.1 Å². The molecule has 4 rings (SSSR count). The number of hydrogen-bond acceptors (Lipinski definition) is 6. The summed E-state index contributed by atoms with van der Waals surface area (Å²) in [7, 11) is 0. The van der Waals surface area contributed by atoms with Crippen molar-refractivity contribution in [1.82, 2.24) is 25.1 Å². The van der Waals surface area contributed by atoms with Gasteiger partial charge in [-0.3, -0.25) is 9.69 Å². The first-order valence-electron chi connectivity index (χ1n) is 9.79. The molecular formula is C19H25ClN6O2. The monoisotopic (exact) mass is 404 g/mol. The topological polar surface area (TPSA) is 99.2 Å². The molecule has 0 saturated carbocycles. The Morgan fingerprint density at radius 1 is 1.29 bits per heavy atom. The number of hydrogen-bond donors (Lipinski definition) is 1. The third kappa shape index (κ3) is 4.04. The summed E-state index contributed by atoms with van der Waals surface area (Å²) < 4.78 is 7.61. The Labute approximate surface area is 169 Å². The van der Waals surface area contributed by atoms with Crippen molar-refractivity contribution in [3.63, 3.8) is 0 Å². The van der Waals surface area contributed by atoms with Crippen LogP contribution in [0.25, 0.3) is 0 Å². The molecule has 0 bridgehead atoms. The number of carbonyl (C=O) groups excluding carboxylic acids is 1. The number of carbonyl (C=O) groups is 1. The molecule has 3 heterocycles. The van der Waals surface area contributed by atoms with Crippen molar-refractivity contribution in [2.24, 2.45) is 11.7 Å². The minimum atomic E-state index is -0.225. The minimum Gasteiger partial charge on any atom is -0.376 e. The summed E-state index contributed by atoms with van der Waals surface area (Å²) in [6.45, 7) is 2.88. The second kappa shape index (κ2) is 8.55. The molecule has 0 aliphatic carbocycles. The lowest BCUT2D eigenvalue weighted by Crippen LogP contribution is -2.41. The van der Waals surface area contributed by atoms with Crippen LogP contribution in [0.3, 0.4) is 0 Å². The fraction of sp³-hybridized carbons (Fsp3) is 0.579. The highest BCUT2D eigenvalue weighted by Gasteiger charge is 2.34. The van der Waals surface area contributed by atoms with E-state index in [1.807, 2.05) is 28.9 Å². The number of primary amides is 1. The van der Waals surface area contributed by atoms with Gasteiger partial charge in [0.05, 0.1) is 18.7 Å². The van der Waals surface area contributed by atoms with Gasteiger partial charge >= 0.3 is 0 Å². The molecule has 2 saturated heterocycles. The molecule has 0 unspecified atom stereocenters. The Hall–Kier alpha value is -2.03. The molecule has 1 amide bonds. The fourth-order valence-corrected chi connectivity index (χ4v) is 4.40. The smallest absolute Gasteiger partial charge is 0.220 e. The van der Waals surface area contributed by atoms with Crippen molar-refractivity contribution in [3.05, 3.63) is 40.7 Å². The number of nitrogens with two attached hydrogens (primary N) is 1. The lowest BCUT2D eigenvalue weighted by atomic mass is 9.93. The maximum Gasteiger partial charge on any atom is 0.220 e. The largest absolute Gasteiger partial charge is 0.376 e. The standard InChI is InChI=1S/C19H25ClN6O2/c20-16-6-2-1-5-15(16)17(25-9-7-13(8-10-25)18(21)27)19-22-23-24-26(19)12-14-4-3-11-28-14/h1-2,5-6,13-14,17H,3-4,7-12H2,(H2,21,27)/t14-,17+/m0/s1. The first kappa shape index (κ1) is 19.3. The van der Waals surface area contributed by atoms with Gasteiger partial charge in [0, 0.05) is 17.5 Å². The van der Waals surface area contributed by atoms with Gasteiger partial charge in [-0.2, -0.15) is 0 Å². The van der Waals surface area contributed by atoms with Gasteiger partial charge in [0.2, 0.25) is 5.91 Å². The quantitative estimate of drug-likeness (QED) is 0.788. The van der Waals surface area contributed by atoms with Crippen molar-refractivity contribution in [2.75, 3.05) is 19.7 Å². The third-order valence-corrected chi connectivity index (χ3v) is 6.05. The normalized spacial score (nSPS) is 22.4. The summed E-state index contributed by atoms with van der Waals surface area (Å²) in [6, 6.07) is 7.60. The summed E-state index contributed by atoms with van der Waals surface area (Å²) in [4.78, 5) is 13.9. The van der Waals surface area contributed by atoms with Gasteiger partial charge in [0.25, 0.3) is 0 Å². The number of halogens is 1. The molecule has 28 heavy (non-hydrogen) atoms. The SMILES string of the molecule is NC(=O)C1CCN([C@H](c2ccccc2Cl)c2nnnn2C[C@@H]2CCCO2)CC1. The Bertz CT molecular complexity index is 814. The van der Waals surface area contributed by atoms with E-state index in [0.717, 1.165) is 56.8 Å². The molecule has 2 aliphatic heterocycles. The summed E-state index contributed by atoms with van der Waals surface area (Å²) in [5, 5.41) is 13.2. The second-order valence-corrected chi connectivity index (χ2v) is 7.90. The number of aromatic nitrogens is 4. The maximum absolute atomic E-state index is 11.6. The van der Waals surface area contributed by atoms with Crippen LogP contribution in [-0.4, -0.2) is 56.8 Å². The van der Waals surface area contributed by atoms with E-state index in [2.05, 4.69) is 20.4 Å². The molecule has 2 fully saturated rings. The molecule has 2 N–H and O–H groups in total. The van der Waals surface area contributed by atoms with Crippen LogP contribution >= 0.6 is 11.6 Å². The zero-order valence-corrected chi connectivity index (χ0v) is 16.5. The van der Waals surface area contributed by atoms with Crippen LogP contribution in [0.4, 0.5) is 0 Å². The van der Waals surface area contributed by atoms with Crippen LogP contribution in [0, 0.1) is 5.92 Å². The van der Waals surface area contributed by atoms with E-state index in [9.17, 15) is 4.79 Å². The van der Waals surface area contributed by atoms with Crippen molar-refractivity contribution < 1.29 is 9.53 Å².